The van der Waals surface area contributed by atoms with Crippen LogP contribution < -0.4 is 10.5 Å². The van der Waals surface area contributed by atoms with Crippen LogP contribution in [0.15, 0.2) is 12.1 Å². The highest BCUT2D eigenvalue weighted by atomic mass is 16.5. The van der Waals surface area contributed by atoms with Crippen LogP contribution in [0.5, 0.6) is 5.75 Å². The van der Waals surface area contributed by atoms with Crippen LogP contribution in [-0.4, -0.2) is 24.6 Å². The molecule has 1 aromatic rings. The van der Waals surface area contributed by atoms with E-state index < -0.39 is 0 Å². The van der Waals surface area contributed by atoms with Crippen LogP contribution in [0.4, 0.5) is 0 Å². The van der Waals surface area contributed by atoms with Crippen molar-refractivity contribution in [2.75, 3.05) is 13.7 Å². The molecule has 0 bridgehead atoms. The first-order valence-corrected chi connectivity index (χ1v) is 6.32. The van der Waals surface area contributed by atoms with Crippen LogP contribution in [0, 0.1) is 0 Å². The van der Waals surface area contributed by atoms with E-state index >= 15 is 0 Å². The monoisotopic (exact) mass is 234 g/mol. The smallest absolute Gasteiger partial charge is 0.123 e. The van der Waals surface area contributed by atoms with Crippen molar-refractivity contribution in [3.63, 3.8) is 0 Å². The molecule has 3 heteroatoms. The highest BCUT2D eigenvalue weighted by molar-refractivity contribution is 5.44. The molecule has 0 amide bonds. The lowest BCUT2D eigenvalue weighted by molar-refractivity contribution is 0.194. The molecular weight excluding hydrogens is 212 g/mol. The minimum atomic E-state index is 0.544. The van der Waals surface area contributed by atoms with Gasteiger partial charge in [0.05, 0.1) is 7.11 Å². The largest absolute Gasteiger partial charge is 0.496 e. The van der Waals surface area contributed by atoms with E-state index in [1.54, 1.807) is 7.11 Å². The molecule has 0 saturated heterocycles. The SMILES string of the molecule is CCN1Cc2cc(OC)c(CN)cc2CC1C. The Morgan fingerprint density at radius 3 is 2.76 bits per heavy atom. The molecule has 2 N–H and O–H groups in total. The second kappa shape index (κ2) is 5.07. The van der Waals surface area contributed by atoms with Gasteiger partial charge in [0, 0.05) is 24.7 Å². The average Bonchev–Trinajstić information content (AvgIpc) is 2.36. The molecule has 1 atom stereocenters. The van der Waals surface area contributed by atoms with Gasteiger partial charge in [-0.15, -0.1) is 0 Å². The quantitative estimate of drug-likeness (QED) is 0.868. The van der Waals surface area contributed by atoms with Gasteiger partial charge in [-0.1, -0.05) is 13.0 Å². The third-order valence-corrected chi connectivity index (χ3v) is 3.74. The van der Waals surface area contributed by atoms with Crippen molar-refractivity contribution in [3.8, 4) is 5.75 Å². The number of nitrogens with zero attached hydrogens (tertiary/aromatic N) is 1. The Bertz CT molecular complexity index is 403. The molecular formula is C14H22N2O. The molecule has 1 aromatic carbocycles. The zero-order valence-electron chi connectivity index (χ0n) is 11.0. The molecule has 1 aliphatic rings. The molecule has 17 heavy (non-hydrogen) atoms. The van der Waals surface area contributed by atoms with Gasteiger partial charge in [0.15, 0.2) is 0 Å². The summed E-state index contributed by atoms with van der Waals surface area (Å²) in [6.07, 6.45) is 1.11. The summed E-state index contributed by atoms with van der Waals surface area (Å²) in [6, 6.07) is 5.00. The van der Waals surface area contributed by atoms with Crippen molar-refractivity contribution < 1.29 is 4.74 Å². The molecule has 0 radical (unpaired) electrons. The molecule has 94 valence electrons. The fourth-order valence-electron chi connectivity index (χ4n) is 2.65. The van der Waals surface area contributed by atoms with Crippen molar-refractivity contribution >= 4 is 0 Å². The topological polar surface area (TPSA) is 38.5 Å². The number of fused-ring (bicyclic) bond motifs is 1. The van der Waals surface area contributed by atoms with Crippen molar-refractivity contribution in [1.29, 1.82) is 0 Å². The first kappa shape index (κ1) is 12.4. The Morgan fingerprint density at radius 1 is 1.41 bits per heavy atom. The minimum Gasteiger partial charge on any atom is -0.496 e. The Balaban J connectivity index is 2.37. The molecule has 3 nitrogen and oxygen atoms in total. The molecule has 0 fully saturated rings. The number of likely N-dealkylation sites (N-methyl/N-ethyl adjacent to an activating group) is 1. The van der Waals surface area contributed by atoms with E-state index in [2.05, 4.69) is 30.9 Å². The summed E-state index contributed by atoms with van der Waals surface area (Å²) in [4.78, 5) is 2.49. The fourth-order valence-corrected chi connectivity index (χ4v) is 2.65. The predicted octanol–water partition coefficient (Wildman–Crippen LogP) is 1.92. The molecule has 0 spiro atoms. The van der Waals surface area contributed by atoms with Gasteiger partial charge in [-0.05, 0) is 37.1 Å². The van der Waals surface area contributed by atoms with E-state index in [4.69, 9.17) is 10.5 Å². The van der Waals surface area contributed by atoms with E-state index in [0.717, 1.165) is 30.8 Å². The lowest BCUT2D eigenvalue weighted by Gasteiger charge is -2.34. The zero-order chi connectivity index (χ0) is 12.4. The summed E-state index contributed by atoms with van der Waals surface area (Å²) in [6.45, 7) is 7.17. The van der Waals surface area contributed by atoms with E-state index in [9.17, 15) is 0 Å². The molecule has 0 aromatic heterocycles. The van der Waals surface area contributed by atoms with E-state index in [0.29, 0.717) is 12.6 Å². The lowest BCUT2D eigenvalue weighted by Crippen LogP contribution is -2.38. The maximum Gasteiger partial charge on any atom is 0.123 e. The predicted molar refractivity (Wildman–Crippen MR) is 70.1 cm³/mol. The lowest BCUT2D eigenvalue weighted by atomic mass is 9.92. The number of hydrogen-bond acceptors (Lipinski definition) is 3. The Hall–Kier alpha value is -1.06. The second-order valence-electron chi connectivity index (χ2n) is 4.75. The maximum absolute atomic E-state index is 5.76. The fraction of sp³-hybridized carbons (Fsp3) is 0.571. The number of rotatable bonds is 3. The van der Waals surface area contributed by atoms with Gasteiger partial charge in [-0.25, -0.2) is 0 Å². The van der Waals surface area contributed by atoms with Gasteiger partial charge >= 0.3 is 0 Å². The van der Waals surface area contributed by atoms with Crippen molar-refractivity contribution in [3.05, 3.63) is 28.8 Å². The summed E-state index contributed by atoms with van der Waals surface area (Å²) in [5, 5.41) is 0. The first-order valence-electron chi connectivity index (χ1n) is 6.32. The van der Waals surface area contributed by atoms with Gasteiger partial charge < -0.3 is 10.5 Å². The van der Waals surface area contributed by atoms with E-state index in [-0.39, 0.29) is 0 Å². The van der Waals surface area contributed by atoms with Crippen molar-refractivity contribution in [1.82, 2.24) is 4.90 Å². The summed E-state index contributed by atoms with van der Waals surface area (Å²) < 4.78 is 5.40. The highest BCUT2D eigenvalue weighted by Crippen LogP contribution is 2.29. The molecule has 1 aliphatic heterocycles. The minimum absolute atomic E-state index is 0.544. The summed E-state index contributed by atoms with van der Waals surface area (Å²) in [7, 11) is 1.71. The first-order chi connectivity index (χ1) is 8.19. The van der Waals surface area contributed by atoms with Gasteiger partial charge in [-0.2, -0.15) is 0 Å². The summed E-state index contributed by atoms with van der Waals surface area (Å²) >= 11 is 0. The summed E-state index contributed by atoms with van der Waals surface area (Å²) in [5.41, 5.74) is 9.69. The maximum atomic E-state index is 5.76. The van der Waals surface area contributed by atoms with Crippen LogP contribution in [0.2, 0.25) is 0 Å². The van der Waals surface area contributed by atoms with Crippen LogP contribution in [0.25, 0.3) is 0 Å². The van der Waals surface area contributed by atoms with E-state index in [1.165, 1.54) is 11.1 Å². The van der Waals surface area contributed by atoms with Gasteiger partial charge in [0.1, 0.15) is 5.75 Å². The van der Waals surface area contributed by atoms with Crippen LogP contribution in [0.1, 0.15) is 30.5 Å². The molecule has 1 unspecified atom stereocenters. The van der Waals surface area contributed by atoms with Crippen LogP contribution >= 0.6 is 0 Å². The van der Waals surface area contributed by atoms with Crippen molar-refractivity contribution in [2.24, 2.45) is 5.73 Å². The van der Waals surface area contributed by atoms with Crippen LogP contribution in [-0.2, 0) is 19.5 Å². The normalized spacial score (nSPS) is 20.1. The highest BCUT2D eigenvalue weighted by Gasteiger charge is 2.22. The van der Waals surface area contributed by atoms with Gasteiger partial charge in [0.2, 0.25) is 0 Å². The number of methoxy groups -OCH3 is 1. The summed E-state index contributed by atoms with van der Waals surface area (Å²) in [5.74, 6) is 0.928. The van der Waals surface area contributed by atoms with Crippen molar-refractivity contribution in [2.45, 2.75) is 39.4 Å². The van der Waals surface area contributed by atoms with Gasteiger partial charge in [-0.3, -0.25) is 4.90 Å². The molecule has 0 saturated carbocycles. The average molecular weight is 234 g/mol. The Labute approximate surface area is 104 Å². The third kappa shape index (κ3) is 2.31. The molecule has 2 rings (SSSR count). The number of hydrogen-bond donors (Lipinski definition) is 1. The standard InChI is InChI=1S/C14H22N2O/c1-4-16-9-13-7-14(17-3)12(8-15)6-11(13)5-10(16)2/h6-7,10H,4-5,8-9,15H2,1-3H3. The molecule has 1 heterocycles. The molecule has 0 aliphatic carbocycles. The van der Waals surface area contributed by atoms with Crippen LogP contribution in [0.3, 0.4) is 0 Å². The van der Waals surface area contributed by atoms with E-state index in [1.807, 2.05) is 0 Å². The number of benzene rings is 1. The second-order valence-corrected chi connectivity index (χ2v) is 4.75. The van der Waals surface area contributed by atoms with Gasteiger partial charge in [0.25, 0.3) is 0 Å². The zero-order valence-corrected chi connectivity index (χ0v) is 11.0. The number of nitrogens with two attached hydrogens (primary N) is 1. The Kier molecular flexibility index (Phi) is 3.69. The number of ether oxygens (including phenoxy) is 1. The third-order valence-electron chi connectivity index (χ3n) is 3.74. The Morgan fingerprint density at radius 2 is 2.18 bits per heavy atom.